The van der Waals surface area contributed by atoms with Crippen molar-refractivity contribution >= 4 is 28.5 Å². The Morgan fingerprint density at radius 3 is 2.31 bits per heavy atom. The van der Waals surface area contributed by atoms with E-state index in [1.807, 2.05) is 60.7 Å². The summed E-state index contributed by atoms with van der Waals surface area (Å²) in [6.45, 7) is 2.42. The molecule has 1 aromatic heterocycles. The van der Waals surface area contributed by atoms with Crippen LogP contribution in [0.25, 0.3) is 22.2 Å². The van der Waals surface area contributed by atoms with E-state index in [4.69, 9.17) is 17.3 Å². The quantitative estimate of drug-likeness (QED) is 0.458. The maximum absolute atomic E-state index is 11.6. The lowest BCUT2D eigenvalue weighted by Crippen LogP contribution is -2.04. The van der Waals surface area contributed by atoms with Gasteiger partial charge in [-0.05, 0) is 36.2 Å². The van der Waals surface area contributed by atoms with Crippen molar-refractivity contribution in [2.45, 2.75) is 13.5 Å². The van der Waals surface area contributed by atoms with Gasteiger partial charge in [-0.1, -0.05) is 72.3 Å². The highest BCUT2D eigenvalue weighted by atomic mass is 35.5. The van der Waals surface area contributed by atoms with Gasteiger partial charge in [0.05, 0.1) is 16.8 Å². The van der Waals surface area contributed by atoms with Crippen LogP contribution in [-0.4, -0.2) is 16.1 Å². The summed E-state index contributed by atoms with van der Waals surface area (Å²) in [4.78, 5) is 16.2. The first kappa shape index (κ1) is 20.5. The van der Waals surface area contributed by atoms with Crippen LogP contribution in [0.15, 0.2) is 78.9 Å². The van der Waals surface area contributed by atoms with E-state index in [0.29, 0.717) is 33.7 Å². The van der Waals surface area contributed by atoms with Gasteiger partial charge < -0.3 is 10.8 Å². The van der Waals surface area contributed by atoms with Gasteiger partial charge in [-0.2, -0.15) is 0 Å². The second-order valence-corrected chi connectivity index (χ2v) is 6.92. The number of halogens is 1. The standard InChI is InChI=1S/C17H12ClNO2.C7H9N/c1-10-15(17(20)21)13-7-2-3-8-14(13)19-16(10)11-5-4-6-12(18)9-11;8-6-7-4-2-1-3-5-7/h2-9H,1H3,(H,20,21);1-5H,6,8H2. The Balaban J connectivity index is 0.000000252. The average molecular weight is 405 g/mol. The number of para-hydroxylation sites is 1. The summed E-state index contributed by atoms with van der Waals surface area (Å²) in [6.07, 6.45) is 0. The number of benzene rings is 3. The van der Waals surface area contributed by atoms with Gasteiger partial charge in [0.25, 0.3) is 0 Å². The molecule has 0 unspecified atom stereocenters. The molecule has 5 heteroatoms. The van der Waals surface area contributed by atoms with Crippen LogP contribution in [0, 0.1) is 6.92 Å². The van der Waals surface area contributed by atoms with Crippen LogP contribution in [0.3, 0.4) is 0 Å². The predicted octanol–water partition coefficient (Wildman–Crippen LogP) is 5.71. The number of aromatic carboxylic acids is 1. The second kappa shape index (κ2) is 9.32. The first-order valence-corrected chi connectivity index (χ1v) is 9.51. The molecule has 0 saturated heterocycles. The first-order valence-electron chi connectivity index (χ1n) is 9.14. The van der Waals surface area contributed by atoms with Crippen molar-refractivity contribution in [1.82, 2.24) is 4.98 Å². The van der Waals surface area contributed by atoms with E-state index in [0.717, 1.165) is 5.56 Å². The topological polar surface area (TPSA) is 76.2 Å². The molecule has 4 nitrogen and oxygen atoms in total. The van der Waals surface area contributed by atoms with E-state index in [2.05, 4.69) is 4.98 Å². The van der Waals surface area contributed by atoms with Gasteiger partial charge in [-0.15, -0.1) is 0 Å². The molecule has 0 spiro atoms. The van der Waals surface area contributed by atoms with Crippen molar-refractivity contribution in [3.63, 3.8) is 0 Å². The van der Waals surface area contributed by atoms with E-state index in [1.165, 1.54) is 5.56 Å². The van der Waals surface area contributed by atoms with Crippen molar-refractivity contribution in [3.8, 4) is 11.3 Å². The van der Waals surface area contributed by atoms with Gasteiger partial charge in [-0.25, -0.2) is 9.78 Å². The maximum Gasteiger partial charge on any atom is 0.336 e. The summed E-state index contributed by atoms with van der Waals surface area (Å²) in [5.74, 6) is -0.950. The lowest BCUT2D eigenvalue weighted by Gasteiger charge is -2.12. The number of carboxylic acids is 1. The molecule has 146 valence electrons. The van der Waals surface area contributed by atoms with Gasteiger partial charge in [0.1, 0.15) is 0 Å². The number of carboxylic acid groups (broad SMARTS) is 1. The number of carbonyl (C=O) groups is 1. The van der Waals surface area contributed by atoms with E-state index in [-0.39, 0.29) is 5.56 Å². The third-order valence-electron chi connectivity index (χ3n) is 4.53. The highest BCUT2D eigenvalue weighted by molar-refractivity contribution is 6.30. The van der Waals surface area contributed by atoms with Crippen LogP contribution < -0.4 is 5.73 Å². The SMILES string of the molecule is Cc1c(-c2cccc(Cl)c2)nc2ccccc2c1C(=O)O.NCc1ccccc1. The molecule has 0 aliphatic carbocycles. The third-order valence-corrected chi connectivity index (χ3v) is 4.76. The zero-order chi connectivity index (χ0) is 20.8. The van der Waals surface area contributed by atoms with Gasteiger partial charge in [0.15, 0.2) is 0 Å². The molecule has 4 aromatic rings. The van der Waals surface area contributed by atoms with Gasteiger partial charge >= 0.3 is 5.97 Å². The number of hydrogen-bond acceptors (Lipinski definition) is 3. The van der Waals surface area contributed by atoms with Gasteiger partial charge in [0, 0.05) is 22.5 Å². The lowest BCUT2D eigenvalue weighted by atomic mass is 9.98. The van der Waals surface area contributed by atoms with Crippen LogP contribution in [0.4, 0.5) is 0 Å². The Morgan fingerprint density at radius 2 is 1.69 bits per heavy atom. The molecule has 0 aliphatic heterocycles. The number of hydrogen-bond donors (Lipinski definition) is 2. The summed E-state index contributed by atoms with van der Waals surface area (Å²) in [5, 5.41) is 10.8. The highest BCUT2D eigenvalue weighted by Gasteiger charge is 2.17. The molecule has 4 rings (SSSR count). The molecule has 0 bridgehead atoms. The number of pyridine rings is 1. The summed E-state index contributed by atoms with van der Waals surface area (Å²) in [6, 6.07) is 24.5. The largest absolute Gasteiger partial charge is 0.478 e. The fraction of sp³-hybridized carbons (Fsp3) is 0.0833. The molecule has 3 N–H and O–H groups in total. The monoisotopic (exact) mass is 404 g/mol. The molecule has 0 amide bonds. The fourth-order valence-electron chi connectivity index (χ4n) is 3.11. The fourth-order valence-corrected chi connectivity index (χ4v) is 3.30. The zero-order valence-corrected chi connectivity index (χ0v) is 16.7. The van der Waals surface area contributed by atoms with E-state index < -0.39 is 5.97 Å². The van der Waals surface area contributed by atoms with E-state index in [9.17, 15) is 9.90 Å². The summed E-state index contributed by atoms with van der Waals surface area (Å²) >= 11 is 6.02. The minimum Gasteiger partial charge on any atom is -0.478 e. The molecular weight excluding hydrogens is 384 g/mol. The minimum absolute atomic E-state index is 0.288. The summed E-state index contributed by atoms with van der Waals surface area (Å²) in [7, 11) is 0. The van der Waals surface area contributed by atoms with Gasteiger partial charge in [0.2, 0.25) is 0 Å². The normalized spacial score (nSPS) is 10.3. The summed E-state index contributed by atoms with van der Waals surface area (Å²) < 4.78 is 0. The Bertz CT molecular complexity index is 1140. The lowest BCUT2D eigenvalue weighted by molar-refractivity contribution is 0.0698. The van der Waals surface area contributed by atoms with Crippen LogP contribution >= 0.6 is 11.6 Å². The first-order chi connectivity index (χ1) is 14.0. The molecule has 29 heavy (non-hydrogen) atoms. The number of nitrogens with two attached hydrogens (primary N) is 1. The molecule has 0 atom stereocenters. The van der Waals surface area contributed by atoms with Crippen LogP contribution in [0.5, 0.6) is 0 Å². The Morgan fingerprint density at radius 1 is 1.00 bits per heavy atom. The maximum atomic E-state index is 11.6. The van der Waals surface area contributed by atoms with Gasteiger partial charge in [-0.3, -0.25) is 0 Å². The predicted molar refractivity (Wildman–Crippen MR) is 118 cm³/mol. The second-order valence-electron chi connectivity index (χ2n) is 6.48. The van der Waals surface area contributed by atoms with Crippen molar-refractivity contribution in [2.24, 2.45) is 5.73 Å². The highest BCUT2D eigenvalue weighted by Crippen LogP contribution is 2.30. The Hall–Kier alpha value is -3.21. The molecular formula is C24H21ClN2O2. The molecule has 0 aliphatic rings. The number of fused-ring (bicyclic) bond motifs is 1. The number of aromatic nitrogens is 1. The third kappa shape index (κ3) is 4.80. The van der Waals surface area contributed by atoms with Crippen molar-refractivity contribution < 1.29 is 9.90 Å². The Kier molecular flexibility index (Phi) is 6.60. The molecule has 0 fully saturated rings. The number of nitrogens with zero attached hydrogens (tertiary/aromatic N) is 1. The van der Waals surface area contributed by atoms with E-state index in [1.54, 1.807) is 25.1 Å². The van der Waals surface area contributed by atoms with Crippen LogP contribution in [0.1, 0.15) is 21.5 Å². The zero-order valence-electron chi connectivity index (χ0n) is 16.0. The van der Waals surface area contributed by atoms with Crippen molar-refractivity contribution in [3.05, 3.63) is 101 Å². The number of rotatable bonds is 3. The smallest absolute Gasteiger partial charge is 0.336 e. The van der Waals surface area contributed by atoms with Crippen molar-refractivity contribution in [2.75, 3.05) is 0 Å². The molecule has 0 saturated carbocycles. The minimum atomic E-state index is -0.950. The molecule has 1 heterocycles. The average Bonchev–Trinajstić information content (AvgIpc) is 2.74. The van der Waals surface area contributed by atoms with Crippen LogP contribution in [0.2, 0.25) is 5.02 Å². The summed E-state index contributed by atoms with van der Waals surface area (Å²) in [5.41, 5.74) is 9.59. The molecule has 0 radical (unpaired) electrons. The van der Waals surface area contributed by atoms with Crippen LogP contribution in [-0.2, 0) is 6.54 Å². The molecule has 3 aromatic carbocycles. The Labute approximate surface area is 174 Å². The van der Waals surface area contributed by atoms with E-state index >= 15 is 0 Å². The van der Waals surface area contributed by atoms with Crippen molar-refractivity contribution in [1.29, 1.82) is 0 Å².